The van der Waals surface area contributed by atoms with Crippen molar-refractivity contribution in [1.29, 1.82) is 0 Å². The molecule has 1 aliphatic heterocycles. The summed E-state index contributed by atoms with van der Waals surface area (Å²) in [6.45, 7) is 1.68. The number of nitrogens with one attached hydrogen (secondary N) is 1. The van der Waals surface area contributed by atoms with Crippen LogP contribution in [0.2, 0.25) is 0 Å². The van der Waals surface area contributed by atoms with Gasteiger partial charge in [0.15, 0.2) is 11.4 Å². The Kier molecular flexibility index (Phi) is 4.55. The summed E-state index contributed by atoms with van der Waals surface area (Å²) in [6, 6.07) is 6.29. The Morgan fingerprint density at radius 1 is 1.14 bits per heavy atom. The van der Waals surface area contributed by atoms with Crippen molar-refractivity contribution < 1.29 is 12.8 Å². The van der Waals surface area contributed by atoms with E-state index in [2.05, 4.69) is 15.2 Å². The van der Waals surface area contributed by atoms with Crippen molar-refractivity contribution >= 4 is 32.6 Å². The number of oxazole rings is 1. The van der Waals surface area contributed by atoms with Gasteiger partial charge in [-0.2, -0.15) is 9.40 Å². The first-order valence-corrected chi connectivity index (χ1v) is 10.2. The summed E-state index contributed by atoms with van der Waals surface area (Å²) in [5.74, 6) is 0.111. The number of aromatic nitrogens is 3. The Labute approximate surface area is 161 Å². The van der Waals surface area contributed by atoms with Crippen molar-refractivity contribution in [2.45, 2.75) is 4.90 Å². The molecule has 0 spiro atoms. The lowest BCUT2D eigenvalue weighted by Gasteiger charge is -2.34. The van der Waals surface area contributed by atoms with Crippen molar-refractivity contribution in [3.05, 3.63) is 41.0 Å². The topological polar surface area (TPSA) is 116 Å². The SMILES string of the molecule is CN(C)c1cnnc(N2CCN(S(=O)(=O)c3ccc4oc(=O)[nH]c4c3)CC2)c1. The van der Waals surface area contributed by atoms with Gasteiger partial charge in [0, 0.05) is 46.3 Å². The van der Waals surface area contributed by atoms with Crippen LogP contribution in [0.4, 0.5) is 11.5 Å². The summed E-state index contributed by atoms with van der Waals surface area (Å²) in [4.78, 5) is 17.9. The Bertz CT molecular complexity index is 1160. The molecule has 1 saturated heterocycles. The smallest absolute Gasteiger partial charge is 0.408 e. The Hall–Kier alpha value is -2.92. The van der Waals surface area contributed by atoms with Gasteiger partial charge in [-0.3, -0.25) is 4.98 Å². The van der Waals surface area contributed by atoms with Crippen LogP contribution in [0.5, 0.6) is 0 Å². The predicted molar refractivity (Wildman–Crippen MR) is 104 cm³/mol. The van der Waals surface area contributed by atoms with E-state index >= 15 is 0 Å². The molecule has 3 aromatic rings. The van der Waals surface area contributed by atoms with E-state index < -0.39 is 15.8 Å². The molecular weight excluding hydrogens is 384 g/mol. The molecule has 2 aromatic heterocycles. The second kappa shape index (κ2) is 6.91. The first-order valence-electron chi connectivity index (χ1n) is 8.72. The van der Waals surface area contributed by atoms with Crippen LogP contribution < -0.4 is 15.6 Å². The molecule has 1 fully saturated rings. The lowest BCUT2D eigenvalue weighted by molar-refractivity contribution is 0.383. The van der Waals surface area contributed by atoms with Gasteiger partial charge in [-0.1, -0.05) is 0 Å². The van der Waals surface area contributed by atoms with Gasteiger partial charge in [0.2, 0.25) is 10.0 Å². The highest BCUT2D eigenvalue weighted by Gasteiger charge is 2.29. The van der Waals surface area contributed by atoms with Gasteiger partial charge in [0.1, 0.15) is 0 Å². The van der Waals surface area contributed by atoms with Crippen molar-refractivity contribution in [3.63, 3.8) is 0 Å². The number of rotatable bonds is 4. The molecule has 0 unspecified atom stereocenters. The molecule has 4 rings (SSSR count). The van der Waals surface area contributed by atoms with E-state index in [-0.39, 0.29) is 4.90 Å². The molecule has 0 radical (unpaired) electrons. The van der Waals surface area contributed by atoms with E-state index in [0.29, 0.717) is 37.3 Å². The molecule has 1 aromatic carbocycles. The van der Waals surface area contributed by atoms with Crippen LogP contribution in [0.25, 0.3) is 11.1 Å². The number of anilines is 2. The van der Waals surface area contributed by atoms with E-state index in [1.807, 2.05) is 30.0 Å². The number of sulfonamides is 1. The van der Waals surface area contributed by atoms with Crippen molar-refractivity contribution in [2.75, 3.05) is 50.1 Å². The zero-order valence-electron chi connectivity index (χ0n) is 15.5. The van der Waals surface area contributed by atoms with E-state index in [1.165, 1.54) is 22.5 Å². The lowest BCUT2D eigenvalue weighted by Crippen LogP contribution is -2.49. The third-order valence-electron chi connectivity index (χ3n) is 4.73. The predicted octanol–water partition coefficient (Wildman–Crippen LogP) is 0.488. The fourth-order valence-electron chi connectivity index (χ4n) is 3.14. The molecule has 10 nitrogen and oxygen atoms in total. The van der Waals surface area contributed by atoms with E-state index in [0.717, 1.165) is 11.5 Å². The van der Waals surface area contributed by atoms with Crippen LogP contribution in [0.15, 0.2) is 44.6 Å². The summed E-state index contributed by atoms with van der Waals surface area (Å²) in [6.07, 6.45) is 1.68. The number of piperazine rings is 1. The Balaban J connectivity index is 1.52. The number of nitrogens with zero attached hydrogens (tertiary/aromatic N) is 5. The largest absolute Gasteiger partial charge is 0.417 e. The van der Waals surface area contributed by atoms with Gasteiger partial charge in [0.25, 0.3) is 0 Å². The number of H-pyrrole nitrogens is 1. The van der Waals surface area contributed by atoms with Crippen molar-refractivity contribution in [2.24, 2.45) is 0 Å². The molecule has 0 amide bonds. The lowest BCUT2D eigenvalue weighted by atomic mass is 10.3. The quantitative estimate of drug-likeness (QED) is 0.668. The van der Waals surface area contributed by atoms with Gasteiger partial charge < -0.3 is 14.2 Å². The fourth-order valence-corrected chi connectivity index (χ4v) is 4.59. The van der Waals surface area contributed by atoms with Crippen LogP contribution in [-0.4, -0.2) is 68.2 Å². The average molecular weight is 404 g/mol. The third kappa shape index (κ3) is 3.34. The molecule has 1 aliphatic rings. The van der Waals surface area contributed by atoms with Crippen molar-refractivity contribution in [3.8, 4) is 0 Å². The zero-order chi connectivity index (χ0) is 19.9. The molecule has 0 bridgehead atoms. The molecule has 1 N–H and O–H groups in total. The fraction of sp³-hybridized carbons (Fsp3) is 0.353. The Morgan fingerprint density at radius 2 is 1.89 bits per heavy atom. The van der Waals surface area contributed by atoms with Crippen LogP contribution in [0.1, 0.15) is 0 Å². The maximum Gasteiger partial charge on any atom is 0.417 e. The summed E-state index contributed by atoms with van der Waals surface area (Å²) >= 11 is 0. The first-order chi connectivity index (χ1) is 13.3. The van der Waals surface area contributed by atoms with Crippen molar-refractivity contribution in [1.82, 2.24) is 19.5 Å². The molecule has 0 saturated carbocycles. The van der Waals surface area contributed by atoms with E-state index in [1.54, 1.807) is 6.20 Å². The molecule has 0 aliphatic carbocycles. The minimum absolute atomic E-state index is 0.125. The standard InChI is InChI=1S/C17H20N6O4S/c1-21(2)12-9-16(20-18-11-12)22-5-7-23(8-6-22)28(25,26)13-3-4-15-14(10-13)19-17(24)27-15/h3-4,9-11H,5-8H2,1-2H3,(H,19,24). The number of aromatic amines is 1. The molecular formula is C17H20N6O4S. The minimum Gasteiger partial charge on any atom is -0.408 e. The highest BCUT2D eigenvalue weighted by atomic mass is 32.2. The number of benzene rings is 1. The molecule has 148 valence electrons. The summed E-state index contributed by atoms with van der Waals surface area (Å²) in [7, 11) is 0.179. The van der Waals surface area contributed by atoms with Crippen LogP contribution >= 0.6 is 0 Å². The molecule has 28 heavy (non-hydrogen) atoms. The normalized spacial score (nSPS) is 15.9. The van der Waals surface area contributed by atoms with Gasteiger partial charge in [-0.25, -0.2) is 13.2 Å². The van der Waals surface area contributed by atoms with E-state index in [9.17, 15) is 13.2 Å². The minimum atomic E-state index is -3.67. The maximum atomic E-state index is 13.0. The monoisotopic (exact) mass is 404 g/mol. The molecule has 3 heterocycles. The number of fused-ring (bicyclic) bond motifs is 1. The second-order valence-corrected chi connectivity index (χ2v) is 8.67. The number of hydrogen-bond acceptors (Lipinski definition) is 8. The van der Waals surface area contributed by atoms with Gasteiger partial charge in [-0.15, -0.1) is 5.10 Å². The summed E-state index contributed by atoms with van der Waals surface area (Å²) in [5.41, 5.74) is 1.62. The highest BCUT2D eigenvalue weighted by Crippen LogP contribution is 2.23. The molecule has 11 heteroatoms. The van der Waals surface area contributed by atoms with Gasteiger partial charge in [0.05, 0.1) is 22.3 Å². The average Bonchev–Trinajstić information content (AvgIpc) is 3.07. The summed E-state index contributed by atoms with van der Waals surface area (Å²) in [5, 5.41) is 8.19. The molecule has 0 atom stereocenters. The second-order valence-electron chi connectivity index (χ2n) is 6.73. The Morgan fingerprint density at radius 3 is 2.61 bits per heavy atom. The summed E-state index contributed by atoms with van der Waals surface area (Å²) < 4.78 is 32.3. The maximum absolute atomic E-state index is 13.0. The van der Waals surface area contributed by atoms with E-state index in [4.69, 9.17) is 4.42 Å². The van der Waals surface area contributed by atoms with Crippen LogP contribution in [0, 0.1) is 0 Å². The van der Waals surface area contributed by atoms with Gasteiger partial charge in [-0.05, 0) is 18.2 Å². The highest BCUT2D eigenvalue weighted by molar-refractivity contribution is 7.89. The van der Waals surface area contributed by atoms with Gasteiger partial charge >= 0.3 is 5.76 Å². The van der Waals surface area contributed by atoms with Crippen LogP contribution in [0.3, 0.4) is 0 Å². The third-order valence-corrected chi connectivity index (χ3v) is 6.63. The van der Waals surface area contributed by atoms with Crippen LogP contribution in [-0.2, 0) is 10.0 Å². The first kappa shape index (κ1) is 18.4. The number of hydrogen-bond donors (Lipinski definition) is 1. The zero-order valence-corrected chi connectivity index (χ0v) is 16.3.